The largest absolute Gasteiger partial charge is 0.388 e. The van der Waals surface area contributed by atoms with Gasteiger partial charge in [0.2, 0.25) is 0 Å². The molecular weight excluding hydrogens is 291 g/mol. The maximum atomic E-state index is 13.2. The van der Waals surface area contributed by atoms with Crippen molar-refractivity contribution in [2.75, 3.05) is 6.61 Å². The summed E-state index contributed by atoms with van der Waals surface area (Å²) < 4.78 is 19.0. The van der Waals surface area contributed by atoms with Crippen molar-refractivity contribution in [1.29, 1.82) is 0 Å². The van der Waals surface area contributed by atoms with Gasteiger partial charge in [0.05, 0.1) is 23.8 Å². The predicted molar refractivity (Wildman–Crippen MR) is 79.8 cm³/mol. The zero-order valence-electron chi connectivity index (χ0n) is 11.4. The standard InChI is InChI=1S/C17H16ClFO2/c18-14-9-12(5-6-15(14)19)16(20)10-17-13-4-2-1-3-11(13)7-8-21-17/h1-6,9,16-17,20H,7-8,10H2. The molecule has 0 bridgehead atoms. The molecule has 1 N–H and O–H groups in total. The van der Waals surface area contributed by atoms with E-state index in [0.29, 0.717) is 18.6 Å². The fourth-order valence-corrected chi connectivity index (χ4v) is 2.92. The number of benzene rings is 2. The molecule has 2 unspecified atom stereocenters. The molecule has 110 valence electrons. The van der Waals surface area contributed by atoms with Crippen LogP contribution in [0.15, 0.2) is 42.5 Å². The van der Waals surface area contributed by atoms with Crippen molar-refractivity contribution in [2.45, 2.75) is 25.0 Å². The summed E-state index contributed by atoms with van der Waals surface area (Å²) in [4.78, 5) is 0. The number of hydrogen-bond acceptors (Lipinski definition) is 2. The Morgan fingerprint density at radius 2 is 2.10 bits per heavy atom. The van der Waals surface area contributed by atoms with Gasteiger partial charge in [-0.25, -0.2) is 4.39 Å². The van der Waals surface area contributed by atoms with E-state index >= 15 is 0 Å². The van der Waals surface area contributed by atoms with Crippen LogP contribution in [0.5, 0.6) is 0 Å². The number of halogens is 2. The summed E-state index contributed by atoms with van der Waals surface area (Å²) >= 11 is 5.76. The van der Waals surface area contributed by atoms with E-state index in [0.717, 1.165) is 12.0 Å². The number of aliphatic hydroxyl groups excluding tert-OH is 1. The number of fused-ring (bicyclic) bond motifs is 1. The van der Waals surface area contributed by atoms with Crippen LogP contribution < -0.4 is 0 Å². The summed E-state index contributed by atoms with van der Waals surface area (Å²) in [6.07, 6.45) is 0.442. The molecule has 3 rings (SSSR count). The highest BCUT2D eigenvalue weighted by atomic mass is 35.5. The maximum absolute atomic E-state index is 13.2. The molecule has 21 heavy (non-hydrogen) atoms. The van der Waals surface area contributed by atoms with Crippen LogP contribution in [0.4, 0.5) is 4.39 Å². The number of rotatable bonds is 3. The Morgan fingerprint density at radius 3 is 2.90 bits per heavy atom. The minimum Gasteiger partial charge on any atom is -0.388 e. The van der Waals surface area contributed by atoms with Crippen molar-refractivity contribution >= 4 is 11.6 Å². The minimum atomic E-state index is -0.737. The second kappa shape index (κ2) is 6.14. The molecule has 2 nitrogen and oxygen atoms in total. The molecule has 0 aliphatic carbocycles. The molecule has 0 spiro atoms. The van der Waals surface area contributed by atoms with Crippen LogP contribution in [0, 0.1) is 5.82 Å². The zero-order valence-corrected chi connectivity index (χ0v) is 12.2. The molecule has 2 atom stereocenters. The van der Waals surface area contributed by atoms with Crippen molar-refractivity contribution in [3.8, 4) is 0 Å². The number of hydrogen-bond donors (Lipinski definition) is 1. The van der Waals surface area contributed by atoms with Gasteiger partial charge in [0.1, 0.15) is 5.82 Å². The number of ether oxygens (including phenoxy) is 1. The Hall–Kier alpha value is -1.42. The monoisotopic (exact) mass is 306 g/mol. The molecule has 1 aliphatic heterocycles. The molecule has 1 aliphatic rings. The van der Waals surface area contributed by atoms with Crippen molar-refractivity contribution < 1.29 is 14.2 Å². The second-order valence-electron chi connectivity index (χ2n) is 5.23. The lowest BCUT2D eigenvalue weighted by Crippen LogP contribution is -2.18. The van der Waals surface area contributed by atoms with E-state index in [1.807, 2.05) is 18.2 Å². The lowest BCUT2D eigenvalue weighted by atomic mass is 9.92. The maximum Gasteiger partial charge on any atom is 0.141 e. The van der Waals surface area contributed by atoms with Crippen molar-refractivity contribution in [2.24, 2.45) is 0 Å². The van der Waals surface area contributed by atoms with Gasteiger partial charge in [-0.3, -0.25) is 0 Å². The highest BCUT2D eigenvalue weighted by Gasteiger charge is 2.24. The quantitative estimate of drug-likeness (QED) is 0.920. The van der Waals surface area contributed by atoms with Crippen LogP contribution in [0.2, 0.25) is 5.02 Å². The first kappa shape index (κ1) is 14.5. The highest BCUT2D eigenvalue weighted by molar-refractivity contribution is 6.30. The average Bonchev–Trinajstić information content (AvgIpc) is 2.50. The van der Waals surface area contributed by atoms with Gasteiger partial charge in [-0.2, -0.15) is 0 Å². The van der Waals surface area contributed by atoms with Crippen molar-refractivity contribution in [3.63, 3.8) is 0 Å². The van der Waals surface area contributed by atoms with Crippen molar-refractivity contribution in [1.82, 2.24) is 0 Å². The van der Waals surface area contributed by atoms with E-state index < -0.39 is 11.9 Å². The van der Waals surface area contributed by atoms with Crippen LogP contribution in [-0.4, -0.2) is 11.7 Å². The number of aliphatic hydroxyl groups is 1. The Labute approximate surface area is 128 Å². The smallest absolute Gasteiger partial charge is 0.141 e. The first-order valence-electron chi connectivity index (χ1n) is 6.97. The SMILES string of the molecule is OC(CC1OCCc2ccccc21)c1ccc(F)c(Cl)c1. The van der Waals surface area contributed by atoms with E-state index in [4.69, 9.17) is 16.3 Å². The summed E-state index contributed by atoms with van der Waals surface area (Å²) in [7, 11) is 0. The van der Waals surface area contributed by atoms with Crippen LogP contribution >= 0.6 is 11.6 Å². The molecule has 2 aromatic carbocycles. The molecule has 0 saturated carbocycles. The van der Waals surface area contributed by atoms with E-state index in [9.17, 15) is 9.50 Å². The summed E-state index contributed by atoms with van der Waals surface area (Å²) in [6.45, 7) is 0.651. The predicted octanol–water partition coefficient (Wildman–Crippen LogP) is 4.22. The molecule has 0 amide bonds. The molecule has 0 radical (unpaired) electrons. The van der Waals surface area contributed by atoms with Gasteiger partial charge in [0.25, 0.3) is 0 Å². The molecule has 0 aromatic heterocycles. The summed E-state index contributed by atoms with van der Waals surface area (Å²) in [6, 6.07) is 12.4. The van der Waals surface area contributed by atoms with Crippen molar-refractivity contribution in [3.05, 3.63) is 70.0 Å². The normalized spacial score (nSPS) is 19.1. The van der Waals surface area contributed by atoms with Gasteiger partial charge >= 0.3 is 0 Å². The summed E-state index contributed by atoms with van der Waals surface area (Å²) in [5.41, 5.74) is 2.99. The Bertz CT molecular complexity index is 644. The van der Waals surface area contributed by atoms with E-state index in [1.54, 1.807) is 6.07 Å². The van der Waals surface area contributed by atoms with Crippen LogP contribution in [0.1, 0.15) is 35.3 Å². The lowest BCUT2D eigenvalue weighted by molar-refractivity contribution is 0.00376. The zero-order chi connectivity index (χ0) is 14.8. The summed E-state index contributed by atoms with van der Waals surface area (Å²) in [5.74, 6) is -0.480. The molecule has 4 heteroatoms. The second-order valence-corrected chi connectivity index (χ2v) is 5.64. The first-order valence-corrected chi connectivity index (χ1v) is 7.35. The topological polar surface area (TPSA) is 29.5 Å². The molecule has 2 aromatic rings. The van der Waals surface area contributed by atoms with Gasteiger partial charge in [-0.1, -0.05) is 41.9 Å². The Kier molecular flexibility index (Phi) is 4.24. The average molecular weight is 307 g/mol. The van der Waals surface area contributed by atoms with E-state index in [-0.39, 0.29) is 11.1 Å². The van der Waals surface area contributed by atoms with Gasteiger partial charge < -0.3 is 9.84 Å². The molecular formula is C17H16ClFO2. The fourth-order valence-electron chi connectivity index (χ4n) is 2.73. The van der Waals surface area contributed by atoms with Gasteiger partial charge in [-0.15, -0.1) is 0 Å². The van der Waals surface area contributed by atoms with E-state index in [2.05, 4.69) is 6.07 Å². The third kappa shape index (κ3) is 3.10. The first-order chi connectivity index (χ1) is 10.1. The van der Waals surface area contributed by atoms with Crippen LogP contribution in [0.3, 0.4) is 0 Å². The highest BCUT2D eigenvalue weighted by Crippen LogP contribution is 2.34. The van der Waals surface area contributed by atoms with Crippen LogP contribution in [-0.2, 0) is 11.2 Å². The lowest BCUT2D eigenvalue weighted by Gasteiger charge is -2.27. The third-order valence-electron chi connectivity index (χ3n) is 3.86. The third-order valence-corrected chi connectivity index (χ3v) is 4.15. The fraction of sp³-hybridized carbons (Fsp3) is 0.294. The molecule has 0 saturated heterocycles. The van der Waals surface area contributed by atoms with Gasteiger partial charge in [0, 0.05) is 6.42 Å². The van der Waals surface area contributed by atoms with E-state index in [1.165, 1.54) is 17.7 Å². The molecule has 1 heterocycles. The Balaban J connectivity index is 1.79. The van der Waals surface area contributed by atoms with Gasteiger partial charge in [0.15, 0.2) is 0 Å². The Morgan fingerprint density at radius 1 is 1.29 bits per heavy atom. The van der Waals surface area contributed by atoms with Gasteiger partial charge in [-0.05, 0) is 35.2 Å². The van der Waals surface area contributed by atoms with Crippen LogP contribution in [0.25, 0.3) is 0 Å². The summed E-state index contributed by atoms with van der Waals surface area (Å²) in [5, 5.41) is 10.4. The molecule has 0 fully saturated rings. The minimum absolute atomic E-state index is 0.0245.